The second kappa shape index (κ2) is 7.33. The first-order chi connectivity index (χ1) is 10.2. The molecule has 0 saturated carbocycles. The van der Waals surface area contributed by atoms with Gasteiger partial charge in [0.1, 0.15) is 0 Å². The largest absolute Gasteiger partial charge is 0.493 e. The number of methoxy groups -OCH3 is 1. The van der Waals surface area contributed by atoms with Gasteiger partial charge in [-0.1, -0.05) is 12.1 Å². The van der Waals surface area contributed by atoms with E-state index in [9.17, 15) is 0 Å². The maximum absolute atomic E-state index is 5.54. The molecule has 2 rings (SSSR count). The summed E-state index contributed by atoms with van der Waals surface area (Å²) < 4.78 is 10.8. The molecule has 0 bridgehead atoms. The molecule has 0 aliphatic heterocycles. The fourth-order valence-corrected chi connectivity index (χ4v) is 1.94. The second-order valence-corrected chi connectivity index (χ2v) is 4.58. The van der Waals surface area contributed by atoms with Gasteiger partial charge in [-0.2, -0.15) is 5.10 Å². The predicted octanol–water partition coefficient (Wildman–Crippen LogP) is 3.85. The zero-order valence-electron chi connectivity index (χ0n) is 12.6. The molecule has 0 heterocycles. The average Bonchev–Trinajstić information content (AvgIpc) is 2.48. The van der Waals surface area contributed by atoms with Crippen LogP contribution >= 0.6 is 0 Å². The molecule has 4 heteroatoms. The van der Waals surface area contributed by atoms with Crippen molar-refractivity contribution in [2.45, 2.75) is 13.8 Å². The summed E-state index contributed by atoms with van der Waals surface area (Å²) in [5.74, 6) is 1.44. The third-order valence-corrected chi connectivity index (χ3v) is 2.91. The van der Waals surface area contributed by atoms with Crippen molar-refractivity contribution in [1.29, 1.82) is 0 Å². The molecule has 2 aromatic carbocycles. The lowest BCUT2D eigenvalue weighted by molar-refractivity contribution is 0.311. The molecule has 0 aliphatic rings. The number of hydrogen-bond donors (Lipinski definition) is 1. The fraction of sp³-hybridized carbons (Fsp3) is 0.235. The second-order valence-electron chi connectivity index (χ2n) is 4.58. The Labute approximate surface area is 125 Å². The highest BCUT2D eigenvalue weighted by Crippen LogP contribution is 2.27. The van der Waals surface area contributed by atoms with Crippen LogP contribution in [0.2, 0.25) is 0 Å². The summed E-state index contributed by atoms with van der Waals surface area (Å²) in [5.41, 5.74) is 6.11. The molecule has 2 aromatic rings. The minimum Gasteiger partial charge on any atom is -0.493 e. The molecule has 0 saturated heterocycles. The van der Waals surface area contributed by atoms with Crippen LogP contribution < -0.4 is 14.9 Å². The number of nitrogens with zero attached hydrogens (tertiary/aromatic N) is 1. The Morgan fingerprint density at radius 1 is 1.14 bits per heavy atom. The monoisotopic (exact) mass is 284 g/mol. The van der Waals surface area contributed by atoms with Crippen LogP contribution in [-0.4, -0.2) is 19.9 Å². The summed E-state index contributed by atoms with van der Waals surface area (Å²) in [5, 5.41) is 4.24. The minimum absolute atomic E-state index is 0.596. The zero-order valence-corrected chi connectivity index (χ0v) is 12.6. The lowest BCUT2D eigenvalue weighted by atomic mass is 10.2. The van der Waals surface area contributed by atoms with E-state index in [-0.39, 0.29) is 0 Å². The van der Waals surface area contributed by atoms with Gasteiger partial charge in [-0.3, -0.25) is 5.43 Å². The highest BCUT2D eigenvalue weighted by molar-refractivity contribution is 5.81. The normalized spacial score (nSPS) is 10.6. The zero-order chi connectivity index (χ0) is 15.1. The fourth-order valence-electron chi connectivity index (χ4n) is 1.94. The van der Waals surface area contributed by atoms with Gasteiger partial charge in [0.2, 0.25) is 0 Å². The lowest BCUT2D eigenvalue weighted by Gasteiger charge is -2.09. The standard InChI is InChI=1S/C17H20N2O2/c1-4-21-17-11-14(8-9-16(17)20-3)12-18-19-15-7-5-6-13(2)10-15/h5-12,19H,4H2,1-3H3/b18-12-. The van der Waals surface area contributed by atoms with Gasteiger partial charge in [0.15, 0.2) is 11.5 Å². The Morgan fingerprint density at radius 3 is 2.71 bits per heavy atom. The van der Waals surface area contributed by atoms with E-state index in [4.69, 9.17) is 9.47 Å². The molecule has 110 valence electrons. The van der Waals surface area contributed by atoms with E-state index in [2.05, 4.69) is 10.5 Å². The van der Waals surface area contributed by atoms with Gasteiger partial charge in [-0.15, -0.1) is 0 Å². The van der Waals surface area contributed by atoms with Crippen LogP contribution in [0, 0.1) is 6.92 Å². The maximum atomic E-state index is 5.54. The van der Waals surface area contributed by atoms with Crippen LogP contribution in [0.25, 0.3) is 0 Å². The van der Waals surface area contributed by atoms with E-state index in [0.717, 1.165) is 22.7 Å². The Bertz CT molecular complexity index is 624. The van der Waals surface area contributed by atoms with Crippen molar-refractivity contribution >= 4 is 11.9 Å². The summed E-state index contributed by atoms with van der Waals surface area (Å²) in [4.78, 5) is 0. The van der Waals surface area contributed by atoms with Crippen molar-refractivity contribution < 1.29 is 9.47 Å². The topological polar surface area (TPSA) is 42.8 Å². The van der Waals surface area contributed by atoms with Gasteiger partial charge < -0.3 is 9.47 Å². The number of rotatable bonds is 6. The number of nitrogens with one attached hydrogen (secondary N) is 1. The smallest absolute Gasteiger partial charge is 0.161 e. The van der Waals surface area contributed by atoms with E-state index in [1.54, 1.807) is 13.3 Å². The van der Waals surface area contributed by atoms with Gasteiger partial charge in [-0.05, 0) is 55.3 Å². The van der Waals surface area contributed by atoms with Crippen molar-refractivity contribution in [3.8, 4) is 11.5 Å². The van der Waals surface area contributed by atoms with E-state index in [1.165, 1.54) is 5.56 Å². The third kappa shape index (κ3) is 4.24. The predicted molar refractivity (Wildman–Crippen MR) is 86.6 cm³/mol. The number of hydrogen-bond acceptors (Lipinski definition) is 4. The maximum Gasteiger partial charge on any atom is 0.161 e. The summed E-state index contributed by atoms with van der Waals surface area (Å²) in [6, 6.07) is 13.8. The van der Waals surface area contributed by atoms with Crippen LogP contribution in [0.5, 0.6) is 11.5 Å². The van der Waals surface area contributed by atoms with Gasteiger partial charge >= 0.3 is 0 Å². The van der Waals surface area contributed by atoms with Crippen LogP contribution in [0.4, 0.5) is 5.69 Å². The molecule has 0 fully saturated rings. The Balaban J connectivity index is 2.08. The first kappa shape index (κ1) is 14.9. The molecule has 21 heavy (non-hydrogen) atoms. The molecule has 1 N–H and O–H groups in total. The van der Waals surface area contributed by atoms with Crippen LogP contribution in [0.1, 0.15) is 18.1 Å². The molecule has 0 radical (unpaired) electrons. The number of benzene rings is 2. The Kier molecular flexibility index (Phi) is 5.21. The molecule has 0 aromatic heterocycles. The van der Waals surface area contributed by atoms with E-state index in [0.29, 0.717) is 6.61 Å². The minimum atomic E-state index is 0.596. The first-order valence-electron chi connectivity index (χ1n) is 6.89. The molecule has 0 spiro atoms. The molecular weight excluding hydrogens is 264 g/mol. The summed E-state index contributed by atoms with van der Waals surface area (Å²) >= 11 is 0. The number of ether oxygens (including phenoxy) is 2. The Hall–Kier alpha value is -2.49. The summed E-state index contributed by atoms with van der Waals surface area (Å²) in [6.45, 7) is 4.59. The van der Waals surface area contributed by atoms with Gasteiger partial charge in [-0.25, -0.2) is 0 Å². The molecule has 0 unspecified atom stereocenters. The molecule has 0 aliphatic carbocycles. The summed E-state index contributed by atoms with van der Waals surface area (Å²) in [6.07, 6.45) is 1.75. The van der Waals surface area contributed by atoms with Crippen molar-refractivity contribution in [1.82, 2.24) is 0 Å². The number of anilines is 1. The number of hydrazone groups is 1. The highest BCUT2D eigenvalue weighted by atomic mass is 16.5. The van der Waals surface area contributed by atoms with E-state index in [1.807, 2.05) is 56.3 Å². The van der Waals surface area contributed by atoms with E-state index < -0.39 is 0 Å². The lowest BCUT2D eigenvalue weighted by Crippen LogP contribution is -1.97. The molecular formula is C17H20N2O2. The Morgan fingerprint density at radius 2 is 2.00 bits per heavy atom. The first-order valence-corrected chi connectivity index (χ1v) is 6.89. The summed E-state index contributed by atoms with van der Waals surface area (Å²) in [7, 11) is 1.63. The molecule has 0 atom stereocenters. The van der Waals surface area contributed by atoms with Crippen LogP contribution in [0.15, 0.2) is 47.6 Å². The van der Waals surface area contributed by atoms with Crippen molar-refractivity contribution in [2.24, 2.45) is 5.10 Å². The quantitative estimate of drug-likeness (QED) is 0.647. The van der Waals surface area contributed by atoms with Gasteiger partial charge in [0, 0.05) is 0 Å². The van der Waals surface area contributed by atoms with Gasteiger partial charge in [0.05, 0.1) is 25.6 Å². The number of aryl methyl sites for hydroxylation is 1. The van der Waals surface area contributed by atoms with Crippen molar-refractivity contribution in [3.05, 3.63) is 53.6 Å². The van der Waals surface area contributed by atoms with Crippen molar-refractivity contribution in [3.63, 3.8) is 0 Å². The van der Waals surface area contributed by atoms with Gasteiger partial charge in [0.25, 0.3) is 0 Å². The average molecular weight is 284 g/mol. The molecule has 0 amide bonds. The SMILES string of the molecule is CCOc1cc(/C=N\Nc2cccc(C)c2)ccc1OC. The van der Waals surface area contributed by atoms with E-state index >= 15 is 0 Å². The molecule has 4 nitrogen and oxygen atoms in total. The van der Waals surface area contributed by atoms with Crippen molar-refractivity contribution in [2.75, 3.05) is 19.1 Å². The van der Waals surface area contributed by atoms with Crippen LogP contribution in [0.3, 0.4) is 0 Å². The van der Waals surface area contributed by atoms with Crippen LogP contribution in [-0.2, 0) is 0 Å². The third-order valence-electron chi connectivity index (χ3n) is 2.91. The highest BCUT2D eigenvalue weighted by Gasteiger charge is 2.03.